The van der Waals surface area contributed by atoms with E-state index in [1.165, 1.54) is 6.20 Å². The van der Waals surface area contributed by atoms with E-state index in [0.717, 1.165) is 5.39 Å². The third kappa shape index (κ3) is 3.62. The van der Waals surface area contributed by atoms with Gasteiger partial charge in [0.05, 0.1) is 13.3 Å². The molecule has 0 bridgehead atoms. The highest BCUT2D eigenvalue weighted by molar-refractivity contribution is 5.96. The third-order valence-corrected chi connectivity index (χ3v) is 4.60. The number of aromatic nitrogens is 1. The van der Waals surface area contributed by atoms with E-state index in [0.29, 0.717) is 43.3 Å². The molecule has 1 aliphatic rings. The molecular weight excluding hydrogens is 362 g/mol. The smallest absolute Gasteiger partial charge is 0.415 e. The van der Waals surface area contributed by atoms with Gasteiger partial charge in [-0.25, -0.2) is 4.79 Å². The monoisotopic (exact) mass is 381 g/mol. The zero-order valence-electron chi connectivity index (χ0n) is 15.3. The maximum atomic E-state index is 12.7. The Morgan fingerprint density at radius 2 is 1.82 bits per heavy atom. The van der Waals surface area contributed by atoms with Gasteiger partial charge in [-0.05, 0) is 30.3 Å². The van der Waals surface area contributed by atoms with Crippen molar-refractivity contribution >= 4 is 23.0 Å². The first-order valence-corrected chi connectivity index (χ1v) is 8.88. The molecule has 1 saturated heterocycles. The molecule has 1 aliphatic heterocycles. The molecule has 0 radical (unpaired) electrons. The van der Waals surface area contributed by atoms with Gasteiger partial charge in [0.15, 0.2) is 11.5 Å². The fourth-order valence-corrected chi connectivity index (χ4v) is 3.06. The quantitative estimate of drug-likeness (QED) is 0.694. The Hall–Kier alpha value is -3.55. The van der Waals surface area contributed by atoms with Crippen LogP contribution in [0.2, 0.25) is 0 Å². The van der Waals surface area contributed by atoms with Crippen molar-refractivity contribution in [2.45, 2.75) is 0 Å². The summed E-state index contributed by atoms with van der Waals surface area (Å²) in [6.07, 6.45) is 2.64. The van der Waals surface area contributed by atoms with Gasteiger partial charge >= 0.3 is 6.09 Å². The standard InChI is InChI=1S/C20H19N3O5/c1-26-15-5-4-14-11-18(28-17(14)12-15)19(24)22-7-9-23(10-8-22)20(25)27-16-3-2-6-21-13-16/h2-6,11-13H,7-10H2,1H3. The normalized spacial score (nSPS) is 14.2. The summed E-state index contributed by atoms with van der Waals surface area (Å²) < 4.78 is 16.2. The van der Waals surface area contributed by atoms with Crippen LogP contribution in [0.25, 0.3) is 11.0 Å². The average Bonchev–Trinajstić information content (AvgIpc) is 3.17. The molecule has 28 heavy (non-hydrogen) atoms. The molecule has 0 aliphatic carbocycles. The van der Waals surface area contributed by atoms with E-state index < -0.39 is 6.09 Å². The van der Waals surface area contributed by atoms with Gasteiger partial charge in [-0.3, -0.25) is 9.78 Å². The number of hydrogen-bond acceptors (Lipinski definition) is 6. The molecule has 1 fully saturated rings. The number of furan rings is 1. The third-order valence-electron chi connectivity index (χ3n) is 4.60. The van der Waals surface area contributed by atoms with Crippen LogP contribution in [0.4, 0.5) is 4.79 Å². The number of pyridine rings is 1. The highest BCUT2D eigenvalue weighted by Gasteiger charge is 2.27. The molecule has 8 nitrogen and oxygen atoms in total. The van der Waals surface area contributed by atoms with Crippen molar-refractivity contribution in [3.05, 3.63) is 54.6 Å². The van der Waals surface area contributed by atoms with Gasteiger partial charge in [-0.15, -0.1) is 0 Å². The molecule has 0 unspecified atom stereocenters. The summed E-state index contributed by atoms with van der Waals surface area (Å²) in [4.78, 5) is 32.1. The summed E-state index contributed by atoms with van der Waals surface area (Å²) in [5.41, 5.74) is 0.599. The SMILES string of the molecule is COc1ccc2cc(C(=O)N3CCN(C(=O)Oc4cccnc4)CC3)oc2c1. The zero-order valence-corrected chi connectivity index (χ0v) is 15.3. The summed E-state index contributed by atoms with van der Waals surface area (Å²) in [7, 11) is 1.58. The molecule has 144 valence electrons. The molecule has 0 spiro atoms. The lowest BCUT2D eigenvalue weighted by Gasteiger charge is -2.33. The Labute approximate surface area is 161 Å². The van der Waals surface area contributed by atoms with Crippen LogP contribution in [-0.2, 0) is 0 Å². The molecule has 2 amide bonds. The van der Waals surface area contributed by atoms with E-state index in [1.807, 2.05) is 12.1 Å². The van der Waals surface area contributed by atoms with Crippen molar-refractivity contribution in [1.29, 1.82) is 0 Å². The van der Waals surface area contributed by atoms with Crippen LogP contribution in [0.1, 0.15) is 10.6 Å². The zero-order chi connectivity index (χ0) is 19.5. The molecule has 3 heterocycles. The number of carbonyl (C=O) groups is 2. The lowest BCUT2D eigenvalue weighted by atomic mass is 10.2. The van der Waals surface area contributed by atoms with Crippen molar-refractivity contribution in [2.75, 3.05) is 33.3 Å². The highest BCUT2D eigenvalue weighted by Crippen LogP contribution is 2.25. The molecule has 2 aromatic heterocycles. The predicted octanol–water partition coefficient (Wildman–Crippen LogP) is 2.79. The molecule has 4 rings (SSSR count). The number of rotatable bonds is 3. The van der Waals surface area contributed by atoms with E-state index in [2.05, 4.69) is 4.98 Å². The van der Waals surface area contributed by atoms with Crippen LogP contribution in [-0.4, -0.2) is 60.1 Å². The molecule has 0 saturated carbocycles. The van der Waals surface area contributed by atoms with Gasteiger partial charge < -0.3 is 23.7 Å². The number of carbonyl (C=O) groups excluding carboxylic acids is 2. The van der Waals surface area contributed by atoms with Gasteiger partial charge in [0.25, 0.3) is 5.91 Å². The van der Waals surface area contributed by atoms with Crippen LogP contribution in [0.3, 0.4) is 0 Å². The first-order chi connectivity index (χ1) is 13.6. The second-order valence-electron chi connectivity index (χ2n) is 6.35. The topological polar surface area (TPSA) is 85.1 Å². The van der Waals surface area contributed by atoms with E-state index >= 15 is 0 Å². The van der Waals surface area contributed by atoms with Gasteiger partial charge in [-0.2, -0.15) is 0 Å². The van der Waals surface area contributed by atoms with Crippen molar-refractivity contribution in [2.24, 2.45) is 0 Å². The molecular formula is C20H19N3O5. The molecule has 1 aromatic carbocycles. The van der Waals surface area contributed by atoms with Crippen molar-refractivity contribution in [3.8, 4) is 11.5 Å². The Kier molecular flexibility index (Phi) is 4.84. The number of methoxy groups -OCH3 is 1. The van der Waals surface area contributed by atoms with Gasteiger partial charge in [0.2, 0.25) is 0 Å². The van der Waals surface area contributed by atoms with E-state index in [1.54, 1.807) is 47.4 Å². The van der Waals surface area contributed by atoms with E-state index in [-0.39, 0.29) is 11.7 Å². The Bertz CT molecular complexity index is 994. The van der Waals surface area contributed by atoms with E-state index in [9.17, 15) is 9.59 Å². The molecule has 0 N–H and O–H groups in total. The Morgan fingerprint density at radius 1 is 1.04 bits per heavy atom. The van der Waals surface area contributed by atoms with Gasteiger partial charge in [-0.1, -0.05) is 0 Å². The molecule has 8 heteroatoms. The second kappa shape index (κ2) is 7.59. The maximum absolute atomic E-state index is 12.7. The van der Waals surface area contributed by atoms with Crippen LogP contribution in [0.5, 0.6) is 11.5 Å². The van der Waals surface area contributed by atoms with Crippen LogP contribution in [0, 0.1) is 0 Å². The van der Waals surface area contributed by atoms with Crippen LogP contribution < -0.4 is 9.47 Å². The second-order valence-corrected chi connectivity index (χ2v) is 6.35. The van der Waals surface area contributed by atoms with Gasteiger partial charge in [0.1, 0.15) is 11.3 Å². The number of hydrogen-bond donors (Lipinski definition) is 0. The first kappa shape index (κ1) is 17.8. The number of benzene rings is 1. The maximum Gasteiger partial charge on any atom is 0.415 e. The van der Waals surface area contributed by atoms with Crippen molar-refractivity contribution in [3.63, 3.8) is 0 Å². The predicted molar refractivity (Wildman–Crippen MR) is 101 cm³/mol. The number of ether oxygens (including phenoxy) is 2. The fourth-order valence-electron chi connectivity index (χ4n) is 3.06. The minimum absolute atomic E-state index is 0.199. The van der Waals surface area contributed by atoms with Crippen molar-refractivity contribution < 1.29 is 23.5 Å². The van der Waals surface area contributed by atoms with Crippen molar-refractivity contribution in [1.82, 2.24) is 14.8 Å². The van der Waals surface area contributed by atoms with Crippen LogP contribution >= 0.6 is 0 Å². The first-order valence-electron chi connectivity index (χ1n) is 8.88. The largest absolute Gasteiger partial charge is 0.497 e. The Balaban J connectivity index is 1.38. The summed E-state index contributed by atoms with van der Waals surface area (Å²) in [6.45, 7) is 1.58. The minimum Gasteiger partial charge on any atom is -0.497 e. The lowest BCUT2D eigenvalue weighted by Crippen LogP contribution is -2.51. The van der Waals surface area contributed by atoms with Gasteiger partial charge in [0, 0.05) is 43.8 Å². The number of nitrogens with zero attached hydrogens (tertiary/aromatic N) is 3. The summed E-state index contributed by atoms with van der Waals surface area (Å²) in [5, 5.41) is 0.836. The summed E-state index contributed by atoms with van der Waals surface area (Å²) in [6, 6.07) is 10.5. The number of piperazine rings is 1. The highest BCUT2D eigenvalue weighted by atomic mass is 16.6. The average molecular weight is 381 g/mol. The molecule has 0 atom stereocenters. The Morgan fingerprint density at radius 3 is 2.54 bits per heavy atom. The summed E-state index contributed by atoms with van der Waals surface area (Å²) in [5.74, 6) is 1.13. The molecule has 3 aromatic rings. The van der Waals surface area contributed by atoms with E-state index in [4.69, 9.17) is 13.9 Å². The lowest BCUT2D eigenvalue weighted by molar-refractivity contribution is 0.0606. The fraction of sp³-hybridized carbons (Fsp3) is 0.250. The number of fused-ring (bicyclic) bond motifs is 1. The number of amides is 2. The summed E-state index contributed by atoms with van der Waals surface area (Å²) >= 11 is 0. The van der Waals surface area contributed by atoms with Crippen LogP contribution in [0.15, 0.2) is 53.2 Å². The minimum atomic E-state index is -0.448.